The number of thioether (sulfide) groups is 2. The minimum absolute atomic E-state index is 0.0939. The molecule has 12 heteroatoms. The number of amides is 4. The third kappa shape index (κ3) is 9.97. The Balaban J connectivity index is 1.16. The minimum Gasteiger partial charge on any atom is -0.341 e. The highest BCUT2D eigenvalue weighted by atomic mass is 32.2. The van der Waals surface area contributed by atoms with Crippen molar-refractivity contribution in [3.05, 3.63) is 81.6 Å². The number of hydrogen-bond acceptors (Lipinski definition) is 8. The first-order valence-electron chi connectivity index (χ1n) is 15.5. The molecule has 2 heterocycles. The first kappa shape index (κ1) is 35.8. The molecular formula is C34H40N4O4S4. The Bertz CT molecular complexity index is 1360. The molecule has 0 atom stereocenters. The third-order valence-electron chi connectivity index (χ3n) is 7.83. The molecule has 2 aromatic carbocycles. The molecule has 0 N–H and O–H groups in total. The number of carbonyl (C=O) groups excluding carboxylic acids is 4. The van der Waals surface area contributed by atoms with E-state index in [-0.39, 0.29) is 23.6 Å². The van der Waals surface area contributed by atoms with Crippen LogP contribution in [-0.2, 0) is 32.3 Å². The zero-order chi connectivity index (χ0) is 33.1. The summed E-state index contributed by atoms with van der Waals surface area (Å²) in [7, 11) is 3.63. The van der Waals surface area contributed by atoms with E-state index in [2.05, 4.69) is 0 Å². The Morgan fingerprint density at radius 2 is 0.978 bits per heavy atom. The second-order valence-corrected chi connectivity index (χ2v) is 14.7. The van der Waals surface area contributed by atoms with Crippen molar-refractivity contribution < 1.29 is 19.2 Å². The summed E-state index contributed by atoms with van der Waals surface area (Å²) in [6.45, 7) is 2.05. The third-order valence-corrected chi connectivity index (χ3v) is 10.9. The van der Waals surface area contributed by atoms with Crippen LogP contribution in [0, 0.1) is 0 Å². The summed E-state index contributed by atoms with van der Waals surface area (Å²) in [6, 6.07) is 19.8. The van der Waals surface area contributed by atoms with Gasteiger partial charge in [0, 0.05) is 53.1 Å². The second kappa shape index (κ2) is 17.7. The van der Waals surface area contributed by atoms with Crippen LogP contribution < -0.4 is 0 Å². The van der Waals surface area contributed by atoms with Crippen molar-refractivity contribution >= 4 is 80.2 Å². The number of rotatable bonds is 16. The predicted octanol–water partition coefficient (Wildman–Crippen LogP) is 6.36. The van der Waals surface area contributed by atoms with Gasteiger partial charge in [0.2, 0.25) is 11.8 Å². The van der Waals surface area contributed by atoms with Crippen LogP contribution in [0.25, 0.3) is 0 Å². The molecule has 4 amide bonds. The fourth-order valence-electron chi connectivity index (χ4n) is 5.17. The van der Waals surface area contributed by atoms with E-state index in [0.717, 1.165) is 60.3 Å². The molecule has 0 radical (unpaired) electrons. The lowest BCUT2D eigenvalue weighted by atomic mass is 10.1. The fraction of sp³-hybridized carbons (Fsp3) is 0.412. The molecule has 0 aromatic heterocycles. The zero-order valence-corrected chi connectivity index (χ0v) is 29.6. The van der Waals surface area contributed by atoms with Crippen molar-refractivity contribution in [1.82, 2.24) is 19.6 Å². The maximum absolute atomic E-state index is 13.3. The Kier molecular flexibility index (Phi) is 13.8. The van der Waals surface area contributed by atoms with Crippen molar-refractivity contribution in [2.45, 2.75) is 64.5 Å². The van der Waals surface area contributed by atoms with Gasteiger partial charge < -0.3 is 9.80 Å². The SMILES string of the molecule is CN(Cc1ccccc1)C(=O)CCCCCN1C(=O)/C(=C2\SC(=S)N(CCCCCC(=O)N(C)Cc3ccccc3)C2=O)SC1=S. The zero-order valence-electron chi connectivity index (χ0n) is 26.3. The van der Waals surface area contributed by atoms with Crippen LogP contribution in [0.2, 0.25) is 0 Å². The molecule has 2 saturated heterocycles. The van der Waals surface area contributed by atoms with Crippen molar-refractivity contribution in [3.8, 4) is 0 Å². The Hall–Kier alpha value is -3.06. The van der Waals surface area contributed by atoms with E-state index in [9.17, 15) is 19.2 Å². The summed E-state index contributed by atoms with van der Waals surface area (Å²) < 4.78 is 0.872. The van der Waals surface area contributed by atoms with Gasteiger partial charge >= 0.3 is 0 Å². The molecular weight excluding hydrogens is 657 g/mol. The van der Waals surface area contributed by atoms with Crippen LogP contribution >= 0.6 is 48.0 Å². The summed E-state index contributed by atoms with van der Waals surface area (Å²) in [5, 5.41) is 0. The van der Waals surface area contributed by atoms with Crippen LogP contribution in [0.5, 0.6) is 0 Å². The highest BCUT2D eigenvalue weighted by molar-refractivity contribution is 8.29. The lowest BCUT2D eigenvalue weighted by molar-refractivity contribution is -0.131. The number of unbranched alkanes of at least 4 members (excludes halogenated alkanes) is 4. The van der Waals surface area contributed by atoms with Crippen LogP contribution in [0.4, 0.5) is 0 Å². The first-order valence-corrected chi connectivity index (χ1v) is 18.0. The number of hydrogen-bond donors (Lipinski definition) is 0. The molecule has 2 aliphatic rings. The number of carbonyl (C=O) groups is 4. The Labute approximate surface area is 290 Å². The van der Waals surface area contributed by atoms with Gasteiger partial charge in [0.25, 0.3) is 11.8 Å². The van der Waals surface area contributed by atoms with Crippen LogP contribution in [-0.4, -0.2) is 79.1 Å². The van der Waals surface area contributed by atoms with Crippen molar-refractivity contribution in [2.75, 3.05) is 27.2 Å². The number of nitrogens with zero attached hydrogens (tertiary/aromatic N) is 4. The summed E-state index contributed by atoms with van der Waals surface area (Å²) in [5.41, 5.74) is 2.19. The van der Waals surface area contributed by atoms with Gasteiger partial charge in [0.05, 0.1) is 9.81 Å². The highest BCUT2D eigenvalue weighted by Crippen LogP contribution is 2.42. The van der Waals surface area contributed by atoms with E-state index in [1.54, 1.807) is 19.6 Å². The predicted molar refractivity (Wildman–Crippen MR) is 194 cm³/mol. The average molecular weight is 697 g/mol. The average Bonchev–Trinajstić information content (AvgIpc) is 3.49. The summed E-state index contributed by atoms with van der Waals surface area (Å²) >= 11 is 13.3. The monoisotopic (exact) mass is 696 g/mol. The molecule has 8 nitrogen and oxygen atoms in total. The molecule has 0 unspecified atom stereocenters. The lowest BCUT2D eigenvalue weighted by Gasteiger charge is -2.18. The van der Waals surface area contributed by atoms with E-state index in [1.807, 2.05) is 74.8 Å². The number of benzene rings is 2. The van der Waals surface area contributed by atoms with Crippen molar-refractivity contribution in [3.63, 3.8) is 0 Å². The smallest absolute Gasteiger partial charge is 0.267 e. The molecule has 2 fully saturated rings. The van der Waals surface area contributed by atoms with E-state index >= 15 is 0 Å². The van der Waals surface area contributed by atoms with Gasteiger partial charge in [-0.2, -0.15) is 0 Å². The standard InChI is InChI=1S/C34H40N4O4S4/c1-35(23-25-15-7-3-8-16-25)27(39)19-11-5-13-21-37-31(41)29(45-33(37)43)30-32(42)38(34(44)46-30)22-14-6-12-20-28(40)36(2)24-26-17-9-4-10-18-26/h3-4,7-10,15-18H,5-6,11-14,19-24H2,1-2H3/b30-29+. The van der Waals surface area contributed by atoms with E-state index in [1.165, 1.54) is 0 Å². The van der Waals surface area contributed by atoms with Gasteiger partial charge in [-0.3, -0.25) is 29.0 Å². The molecule has 4 rings (SSSR count). The maximum atomic E-state index is 13.3. The summed E-state index contributed by atoms with van der Waals surface area (Å²) in [6.07, 6.45) is 5.34. The van der Waals surface area contributed by atoms with Gasteiger partial charge in [-0.1, -0.05) is 121 Å². The molecule has 0 spiro atoms. The second-order valence-electron chi connectivity index (χ2n) is 11.4. The van der Waals surface area contributed by atoms with E-state index in [4.69, 9.17) is 24.4 Å². The van der Waals surface area contributed by atoms with Gasteiger partial charge in [-0.05, 0) is 36.8 Å². The van der Waals surface area contributed by atoms with Crippen LogP contribution in [0.1, 0.15) is 62.5 Å². The number of thiocarbonyl (C=S) groups is 2. The minimum atomic E-state index is -0.257. The van der Waals surface area contributed by atoms with Crippen molar-refractivity contribution in [2.24, 2.45) is 0 Å². The normalized spacial score (nSPS) is 16.5. The Morgan fingerprint density at radius 1 is 0.609 bits per heavy atom. The molecule has 244 valence electrons. The van der Waals surface area contributed by atoms with Gasteiger partial charge in [-0.25, -0.2) is 0 Å². The van der Waals surface area contributed by atoms with Gasteiger partial charge in [-0.15, -0.1) is 0 Å². The van der Waals surface area contributed by atoms with Gasteiger partial charge in [0.15, 0.2) is 0 Å². The quantitative estimate of drug-likeness (QED) is 0.114. The highest BCUT2D eigenvalue weighted by Gasteiger charge is 2.41. The lowest BCUT2D eigenvalue weighted by Crippen LogP contribution is -2.31. The summed E-state index contributed by atoms with van der Waals surface area (Å²) in [4.78, 5) is 58.8. The Morgan fingerprint density at radius 3 is 1.35 bits per heavy atom. The summed E-state index contributed by atoms with van der Waals surface area (Å²) in [5.74, 6) is -0.326. The maximum Gasteiger partial charge on any atom is 0.267 e. The first-order chi connectivity index (χ1) is 22.2. The molecule has 0 saturated carbocycles. The molecule has 2 aromatic rings. The van der Waals surface area contributed by atoms with E-state index < -0.39 is 0 Å². The van der Waals surface area contributed by atoms with E-state index in [0.29, 0.717) is 70.3 Å². The molecule has 0 aliphatic carbocycles. The van der Waals surface area contributed by atoms with Gasteiger partial charge in [0.1, 0.15) is 8.64 Å². The van der Waals surface area contributed by atoms with Crippen LogP contribution in [0.15, 0.2) is 70.5 Å². The fourth-order valence-corrected chi connectivity index (χ4v) is 7.95. The van der Waals surface area contributed by atoms with Crippen LogP contribution in [0.3, 0.4) is 0 Å². The largest absolute Gasteiger partial charge is 0.341 e. The molecule has 2 aliphatic heterocycles. The molecule has 0 bridgehead atoms. The van der Waals surface area contributed by atoms with Crippen molar-refractivity contribution in [1.29, 1.82) is 0 Å². The molecule has 46 heavy (non-hydrogen) atoms. The topological polar surface area (TPSA) is 81.2 Å².